The first kappa shape index (κ1) is 14.7. The van der Waals surface area contributed by atoms with Gasteiger partial charge < -0.3 is 19.3 Å². The summed E-state index contributed by atoms with van der Waals surface area (Å²) < 4.78 is 15.7. The Balaban J connectivity index is 2.35. The third-order valence-corrected chi connectivity index (χ3v) is 3.70. The van der Waals surface area contributed by atoms with Gasteiger partial charge in [0, 0.05) is 0 Å². The second-order valence-electron chi connectivity index (χ2n) is 4.99. The largest absolute Gasteiger partial charge is 0.486 e. The van der Waals surface area contributed by atoms with E-state index in [-0.39, 0.29) is 0 Å². The number of hydrogen-bond donors (Lipinski definition) is 1. The van der Waals surface area contributed by atoms with Gasteiger partial charge in [0.1, 0.15) is 18.8 Å². The predicted octanol–water partition coefficient (Wildman–Crippen LogP) is 1.86. The quantitative estimate of drug-likeness (QED) is 0.853. The summed E-state index contributed by atoms with van der Waals surface area (Å²) in [6.07, 6.45) is 0.480. The number of rotatable bonds is 4. The summed E-state index contributed by atoms with van der Waals surface area (Å²) in [5.41, 5.74) is -0.712. The Kier molecular flexibility index (Phi) is 4.18. The second kappa shape index (κ2) is 5.71. The van der Waals surface area contributed by atoms with Gasteiger partial charge in [0.15, 0.2) is 11.5 Å². The average molecular weight is 280 g/mol. The van der Waals surface area contributed by atoms with Crippen LogP contribution in [0.5, 0.6) is 11.5 Å². The van der Waals surface area contributed by atoms with Crippen molar-refractivity contribution < 1.29 is 24.1 Å². The van der Waals surface area contributed by atoms with Crippen LogP contribution in [0.15, 0.2) is 18.2 Å². The first-order valence-electron chi connectivity index (χ1n) is 6.71. The van der Waals surface area contributed by atoms with Crippen molar-refractivity contribution in [1.82, 2.24) is 0 Å². The number of benzene rings is 1. The van der Waals surface area contributed by atoms with Gasteiger partial charge >= 0.3 is 5.97 Å². The van der Waals surface area contributed by atoms with E-state index in [0.29, 0.717) is 36.7 Å². The van der Waals surface area contributed by atoms with Gasteiger partial charge in [-0.05, 0) is 31.0 Å². The number of carbonyl (C=O) groups is 1. The van der Waals surface area contributed by atoms with Crippen LogP contribution in [0.1, 0.15) is 25.8 Å². The molecule has 0 radical (unpaired) electrons. The molecule has 0 saturated carbocycles. The molecule has 1 aliphatic heterocycles. The number of carbonyl (C=O) groups excluding carboxylic acids is 1. The van der Waals surface area contributed by atoms with E-state index in [1.807, 2.05) is 6.92 Å². The normalized spacial score (nSPS) is 18.0. The number of esters is 1. The Hall–Kier alpha value is -1.75. The van der Waals surface area contributed by atoms with E-state index >= 15 is 0 Å². The minimum absolute atomic E-state index is 0.424. The molecule has 0 spiro atoms. The van der Waals surface area contributed by atoms with Gasteiger partial charge in [-0.2, -0.15) is 0 Å². The first-order valence-corrected chi connectivity index (χ1v) is 6.71. The van der Waals surface area contributed by atoms with Gasteiger partial charge in [0.25, 0.3) is 0 Å². The van der Waals surface area contributed by atoms with Gasteiger partial charge in [-0.25, -0.2) is 0 Å². The summed E-state index contributed by atoms with van der Waals surface area (Å²) in [7, 11) is 1.32. The molecule has 1 aromatic rings. The van der Waals surface area contributed by atoms with Crippen LogP contribution in [0.4, 0.5) is 0 Å². The van der Waals surface area contributed by atoms with Crippen LogP contribution in [0, 0.1) is 5.92 Å². The van der Waals surface area contributed by atoms with Gasteiger partial charge in [0.05, 0.1) is 13.0 Å². The number of ether oxygens (including phenoxy) is 3. The minimum atomic E-state index is -1.32. The lowest BCUT2D eigenvalue weighted by Gasteiger charge is -2.31. The predicted molar refractivity (Wildman–Crippen MR) is 72.8 cm³/mol. The van der Waals surface area contributed by atoms with Crippen LogP contribution < -0.4 is 9.47 Å². The first-order chi connectivity index (χ1) is 9.50. The van der Waals surface area contributed by atoms with E-state index in [2.05, 4.69) is 0 Å². The fraction of sp³-hybridized carbons (Fsp3) is 0.533. The summed E-state index contributed by atoms with van der Waals surface area (Å²) in [4.78, 5) is 11.8. The van der Waals surface area contributed by atoms with Crippen LogP contribution in [0.25, 0.3) is 0 Å². The number of aliphatic hydroxyl groups is 1. The fourth-order valence-corrected chi connectivity index (χ4v) is 2.50. The summed E-state index contributed by atoms with van der Waals surface area (Å²) in [5.74, 6) is 0.193. The maximum Gasteiger partial charge on any atom is 0.311 e. The van der Waals surface area contributed by atoms with E-state index in [1.54, 1.807) is 25.1 Å². The zero-order valence-corrected chi connectivity index (χ0v) is 12.0. The zero-order valence-electron chi connectivity index (χ0n) is 12.0. The molecule has 0 aromatic heterocycles. The molecule has 2 rings (SSSR count). The number of hydrogen-bond acceptors (Lipinski definition) is 5. The zero-order chi connectivity index (χ0) is 14.8. The number of methoxy groups -OCH3 is 1. The van der Waals surface area contributed by atoms with Crippen molar-refractivity contribution >= 4 is 5.97 Å². The topological polar surface area (TPSA) is 65.0 Å². The van der Waals surface area contributed by atoms with Crippen molar-refractivity contribution in [3.8, 4) is 11.5 Å². The third-order valence-electron chi connectivity index (χ3n) is 3.70. The van der Waals surface area contributed by atoms with Crippen LogP contribution in [0.2, 0.25) is 0 Å². The van der Waals surface area contributed by atoms with Crippen molar-refractivity contribution in [2.75, 3.05) is 20.3 Å². The second-order valence-corrected chi connectivity index (χ2v) is 4.99. The molecule has 1 aliphatic rings. The van der Waals surface area contributed by atoms with Crippen molar-refractivity contribution in [3.63, 3.8) is 0 Å². The number of fused-ring (bicyclic) bond motifs is 1. The Morgan fingerprint density at radius 3 is 2.65 bits per heavy atom. The molecule has 2 unspecified atom stereocenters. The highest BCUT2D eigenvalue weighted by atomic mass is 16.6. The Morgan fingerprint density at radius 1 is 1.40 bits per heavy atom. The summed E-state index contributed by atoms with van der Waals surface area (Å²) >= 11 is 0. The molecular formula is C15H20O5. The van der Waals surface area contributed by atoms with Crippen molar-refractivity contribution in [2.45, 2.75) is 25.9 Å². The molecule has 1 heterocycles. The highest BCUT2D eigenvalue weighted by Crippen LogP contribution is 2.38. The third kappa shape index (κ3) is 2.58. The molecule has 0 saturated heterocycles. The SMILES string of the molecule is CCC(C(=O)OC)C(C)(O)c1ccc2c(c1)OCCO2. The van der Waals surface area contributed by atoms with E-state index in [0.717, 1.165) is 0 Å². The lowest BCUT2D eigenvalue weighted by atomic mass is 9.81. The summed E-state index contributed by atoms with van der Waals surface area (Å²) in [6, 6.07) is 5.22. The molecule has 0 fully saturated rings. The summed E-state index contributed by atoms with van der Waals surface area (Å²) in [6.45, 7) is 4.45. The van der Waals surface area contributed by atoms with Crippen LogP contribution in [-0.2, 0) is 15.1 Å². The lowest BCUT2D eigenvalue weighted by Crippen LogP contribution is -2.37. The van der Waals surface area contributed by atoms with Crippen LogP contribution in [0.3, 0.4) is 0 Å². The molecule has 2 atom stereocenters. The molecule has 5 nitrogen and oxygen atoms in total. The van der Waals surface area contributed by atoms with Gasteiger partial charge in [-0.15, -0.1) is 0 Å². The Bertz CT molecular complexity index is 495. The molecule has 1 N–H and O–H groups in total. The van der Waals surface area contributed by atoms with Gasteiger partial charge in [0.2, 0.25) is 0 Å². The van der Waals surface area contributed by atoms with Crippen molar-refractivity contribution in [2.24, 2.45) is 5.92 Å². The van der Waals surface area contributed by atoms with Gasteiger partial charge in [-0.1, -0.05) is 13.0 Å². The molecule has 0 aliphatic carbocycles. The maximum atomic E-state index is 11.8. The van der Waals surface area contributed by atoms with Crippen LogP contribution >= 0.6 is 0 Å². The lowest BCUT2D eigenvalue weighted by molar-refractivity contribution is -0.155. The smallest absolute Gasteiger partial charge is 0.311 e. The fourth-order valence-electron chi connectivity index (χ4n) is 2.50. The highest BCUT2D eigenvalue weighted by Gasteiger charge is 2.39. The average Bonchev–Trinajstić information content (AvgIpc) is 2.46. The maximum absolute atomic E-state index is 11.8. The van der Waals surface area contributed by atoms with E-state index < -0.39 is 17.5 Å². The molecule has 20 heavy (non-hydrogen) atoms. The summed E-state index contributed by atoms with van der Waals surface area (Å²) in [5, 5.41) is 10.8. The highest BCUT2D eigenvalue weighted by molar-refractivity contribution is 5.74. The molecule has 0 bridgehead atoms. The molecule has 0 amide bonds. The monoisotopic (exact) mass is 280 g/mol. The minimum Gasteiger partial charge on any atom is -0.486 e. The standard InChI is InChI=1S/C15H20O5/c1-4-11(14(16)18-3)15(2,17)10-5-6-12-13(9-10)20-8-7-19-12/h5-6,9,11,17H,4,7-8H2,1-3H3. The van der Waals surface area contributed by atoms with Crippen molar-refractivity contribution in [3.05, 3.63) is 23.8 Å². The molecule has 5 heteroatoms. The van der Waals surface area contributed by atoms with E-state index in [1.165, 1.54) is 7.11 Å². The Labute approximate surface area is 118 Å². The van der Waals surface area contributed by atoms with Crippen molar-refractivity contribution in [1.29, 1.82) is 0 Å². The Morgan fingerprint density at radius 2 is 2.05 bits per heavy atom. The molecule has 1 aromatic carbocycles. The molecular weight excluding hydrogens is 260 g/mol. The van der Waals surface area contributed by atoms with E-state index in [4.69, 9.17) is 14.2 Å². The van der Waals surface area contributed by atoms with Gasteiger partial charge in [-0.3, -0.25) is 4.79 Å². The molecule has 110 valence electrons. The van der Waals surface area contributed by atoms with E-state index in [9.17, 15) is 9.90 Å². The van der Waals surface area contributed by atoms with Crippen LogP contribution in [-0.4, -0.2) is 31.4 Å².